The molecule has 3 unspecified atom stereocenters. The van der Waals surface area contributed by atoms with Crippen molar-refractivity contribution < 1.29 is 4.21 Å². The van der Waals surface area contributed by atoms with Gasteiger partial charge >= 0.3 is 0 Å². The normalized spacial score (nSPS) is 40.4. The molecule has 0 saturated carbocycles. The Labute approximate surface area is 65.7 Å². The molecule has 1 aliphatic heterocycles. The van der Waals surface area contributed by atoms with Crippen molar-refractivity contribution in [3.8, 4) is 0 Å². The lowest BCUT2D eigenvalue weighted by Gasteiger charge is -2.03. The minimum atomic E-state index is -0.491. The van der Waals surface area contributed by atoms with E-state index in [2.05, 4.69) is 13.8 Å². The van der Waals surface area contributed by atoms with Crippen molar-refractivity contribution in [3.05, 3.63) is 0 Å². The van der Waals surface area contributed by atoms with Gasteiger partial charge in [-0.25, -0.2) is 0 Å². The van der Waals surface area contributed by atoms with Crippen molar-refractivity contribution in [3.63, 3.8) is 0 Å². The smallest absolute Gasteiger partial charge is 0.0348 e. The molecule has 0 amide bonds. The van der Waals surface area contributed by atoms with Crippen molar-refractivity contribution in [1.29, 1.82) is 0 Å². The zero-order valence-electron chi connectivity index (χ0n) is 6.80. The maximum absolute atomic E-state index is 11.3. The average Bonchev–Trinajstić information content (AvgIpc) is 2.30. The molecule has 60 valence electrons. The molecular weight excluding hydrogens is 144 g/mol. The van der Waals surface area contributed by atoms with E-state index in [1.807, 2.05) is 0 Å². The fourth-order valence-corrected chi connectivity index (χ4v) is 3.52. The van der Waals surface area contributed by atoms with Gasteiger partial charge in [-0.05, 0) is 18.8 Å². The molecule has 1 saturated heterocycles. The van der Waals surface area contributed by atoms with Crippen LogP contribution in [-0.4, -0.2) is 15.2 Å². The standard InChI is InChI=1S/C8H16OS/c1-3-7-5-8(4-2)10(9)6-7/h7-8H,3-6H2,1-2H3. The lowest BCUT2D eigenvalue weighted by Crippen LogP contribution is -2.05. The van der Waals surface area contributed by atoms with Gasteiger partial charge < -0.3 is 0 Å². The Kier molecular flexibility index (Phi) is 2.90. The van der Waals surface area contributed by atoms with Gasteiger partial charge in [0.2, 0.25) is 0 Å². The van der Waals surface area contributed by atoms with Crippen LogP contribution in [0.3, 0.4) is 0 Å². The molecule has 0 aliphatic carbocycles. The molecule has 10 heavy (non-hydrogen) atoms. The summed E-state index contributed by atoms with van der Waals surface area (Å²) in [6, 6.07) is 0. The van der Waals surface area contributed by atoms with Gasteiger partial charge in [0.25, 0.3) is 0 Å². The Morgan fingerprint density at radius 3 is 2.40 bits per heavy atom. The summed E-state index contributed by atoms with van der Waals surface area (Å²) in [6.07, 6.45) is 3.52. The van der Waals surface area contributed by atoms with Gasteiger partial charge in [0, 0.05) is 21.8 Å². The summed E-state index contributed by atoms with van der Waals surface area (Å²) >= 11 is 0. The van der Waals surface area contributed by atoms with E-state index in [0.717, 1.165) is 18.1 Å². The molecule has 0 N–H and O–H groups in total. The summed E-state index contributed by atoms with van der Waals surface area (Å²) in [5, 5.41) is 0.518. The van der Waals surface area contributed by atoms with Gasteiger partial charge in [-0.2, -0.15) is 0 Å². The van der Waals surface area contributed by atoms with Crippen LogP contribution in [0.25, 0.3) is 0 Å². The molecular formula is C8H16OS. The zero-order chi connectivity index (χ0) is 7.56. The quantitative estimate of drug-likeness (QED) is 0.603. The van der Waals surface area contributed by atoms with Gasteiger partial charge in [0.05, 0.1) is 0 Å². The molecule has 2 heteroatoms. The first-order chi connectivity index (χ1) is 4.77. The fraction of sp³-hybridized carbons (Fsp3) is 1.00. The van der Waals surface area contributed by atoms with Crippen LogP contribution in [0.2, 0.25) is 0 Å². The third kappa shape index (κ3) is 1.60. The molecule has 0 radical (unpaired) electrons. The Morgan fingerprint density at radius 2 is 2.10 bits per heavy atom. The van der Waals surface area contributed by atoms with Gasteiger partial charge in [0.1, 0.15) is 0 Å². The predicted molar refractivity (Wildman–Crippen MR) is 45.5 cm³/mol. The van der Waals surface area contributed by atoms with Crippen molar-refractivity contribution in [2.75, 3.05) is 5.75 Å². The highest BCUT2D eigenvalue weighted by Gasteiger charge is 2.28. The summed E-state index contributed by atoms with van der Waals surface area (Å²) in [5.41, 5.74) is 0. The van der Waals surface area contributed by atoms with Gasteiger partial charge in [-0.15, -0.1) is 0 Å². The van der Waals surface area contributed by atoms with E-state index in [0.29, 0.717) is 5.25 Å². The Balaban J connectivity index is 2.44. The lowest BCUT2D eigenvalue weighted by molar-refractivity contribution is 0.534. The second-order valence-corrected chi connectivity index (χ2v) is 4.85. The van der Waals surface area contributed by atoms with Crippen LogP contribution in [0, 0.1) is 5.92 Å². The molecule has 1 rings (SSSR count). The van der Waals surface area contributed by atoms with Crippen LogP contribution in [-0.2, 0) is 10.8 Å². The molecule has 1 aliphatic rings. The van der Waals surface area contributed by atoms with E-state index in [1.165, 1.54) is 12.8 Å². The van der Waals surface area contributed by atoms with Crippen LogP contribution in [0.1, 0.15) is 33.1 Å². The molecule has 0 bridgehead atoms. The third-order valence-electron chi connectivity index (χ3n) is 2.40. The van der Waals surface area contributed by atoms with Crippen molar-refractivity contribution in [2.45, 2.75) is 38.4 Å². The van der Waals surface area contributed by atoms with Gasteiger partial charge in [-0.1, -0.05) is 20.3 Å². The van der Waals surface area contributed by atoms with Crippen LogP contribution in [0.4, 0.5) is 0 Å². The highest BCUT2D eigenvalue weighted by molar-refractivity contribution is 7.85. The number of hydrogen-bond donors (Lipinski definition) is 0. The summed E-state index contributed by atoms with van der Waals surface area (Å²) in [4.78, 5) is 0. The molecule has 1 nitrogen and oxygen atoms in total. The largest absolute Gasteiger partial charge is 0.259 e. The minimum Gasteiger partial charge on any atom is -0.259 e. The van der Waals surface area contributed by atoms with Crippen LogP contribution < -0.4 is 0 Å². The molecule has 3 atom stereocenters. The first-order valence-electron chi connectivity index (χ1n) is 4.15. The highest BCUT2D eigenvalue weighted by atomic mass is 32.2. The zero-order valence-corrected chi connectivity index (χ0v) is 7.62. The van der Waals surface area contributed by atoms with Crippen molar-refractivity contribution in [1.82, 2.24) is 0 Å². The molecule has 1 fully saturated rings. The van der Waals surface area contributed by atoms with Crippen LogP contribution in [0.5, 0.6) is 0 Å². The SMILES string of the molecule is CCC1CC(CC)S(=O)C1. The van der Waals surface area contributed by atoms with Crippen LogP contribution in [0.15, 0.2) is 0 Å². The van der Waals surface area contributed by atoms with E-state index in [4.69, 9.17) is 0 Å². The Morgan fingerprint density at radius 1 is 1.40 bits per heavy atom. The third-order valence-corrected chi connectivity index (χ3v) is 4.47. The maximum atomic E-state index is 11.3. The molecule has 0 spiro atoms. The molecule has 0 aromatic rings. The number of hydrogen-bond acceptors (Lipinski definition) is 1. The van der Waals surface area contributed by atoms with E-state index >= 15 is 0 Å². The summed E-state index contributed by atoms with van der Waals surface area (Å²) in [7, 11) is -0.491. The topological polar surface area (TPSA) is 17.1 Å². The van der Waals surface area contributed by atoms with E-state index < -0.39 is 10.8 Å². The number of rotatable bonds is 2. The van der Waals surface area contributed by atoms with Gasteiger partial charge in [-0.3, -0.25) is 4.21 Å². The summed E-state index contributed by atoms with van der Waals surface area (Å²) in [6.45, 7) is 4.33. The second-order valence-electron chi connectivity index (χ2n) is 3.09. The highest BCUT2D eigenvalue weighted by Crippen LogP contribution is 2.26. The van der Waals surface area contributed by atoms with Crippen molar-refractivity contribution in [2.24, 2.45) is 5.92 Å². The summed E-state index contributed by atoms with van der Waals surface area (Å²) < 4.78 is 11.3. The molecule has 0 aromatic carbocycles. The minimum absolute atomic E-state index is 0.491. The first-order valence-corrected chi connectivity index (χ1v) is 5.53. The first kappa shape index (κ1) is 8.25. The van der Waals surface area contributed by atoms with E-state index in [1.54, 1.807) is 0 Å². The monoisotopic (exact) mass is 160 g/mol. The lowest BCUT2D eigenvalue weighted by atomic mass is 10.0. The Hall–Kier alpha value is 0.150. The average molecular weight is 160 g/mol. The van der Waals surface area contributed by atoms with Crippen LogP contribution >= 0.6 is 0 Å². The molecule has 0 aromatic heterocycles. The predicted octanol–water partition coefficient (Wildman–Crippen LogP) is 1.94. The maximum Gasteiger partial charge on any atom is 0.0348 e. The van der Waals surface area contributed by atoms with Gasteiger partial charge in [0.15, 0.2) is 0 Å². The van der Waals surface area contributed by atoms with Crippen molar-refractivity contribution >= 4 is 10.8 Å². The van der Waals surface area contributed by atoms with E-state index in [-0.39, 0.29) is 0 Å². The van der Waals surface area contributed by atoms with E-state index in [9.17, 15) is 4.21 Å². The second kappa shape index (κ2) is 3.51. The fourth-order valence-electron chi connectivity index (χ4n) is 1.55. The summed E-state index contributed by atoms with van der Waals surface area (Å²) in [5.74, 6) is 1.72. The molecule has 1 heterocycles. The Bertz CT molecular complexity index is 133.